The Hall–Kier alpha value is -3.13. The Morgan fingerprint density at radius 2 is 1.90 bits per heavy atom. The van der Waals surface area contributed by atoms with E-state index in [9.17, 15) is 14.9 Å². The number of anilines is 2. The summed E-state index contributed by atoms with van der Waals surface area (Å²) in [6, 6.07) is 12.7. The molecule has 0 spiro atoms. The lowest BCUT2D eigenvalue weighted by Crippen LogP contribution is -2.47. The van der Waals surface area contributed by atoms with Crippen molar-refractivity contribution < 1.29 is 14.5 Å². The number of carbonyl (C=O) groups is 1. The quantitative estimate of drug-likeness (QED) is 0.570. The van der Waals surface area contributed by atoms with Crippen LogP contribution in [-0.4, -0.2) is 55.6 Å². The van der Waals surface area contributed by atoms with Crippen LogP contribution in [0.4, 0.5) is 17.1 Å². The van der Waals surface area contributed by atoms with E-state index in [2.05, 4.69) is 21.2 Å². The molecule has 0 aliphatic carbocycles. The minimum atomic E-state index is -0.438. The van der Waals surface area contributed by atoms with Gasteiger partial charge in [-0.2, -0.15) is 0 Å². The number of carbonyl (C=O) groups excluding carboxylic acids is 1. The number of nitro groups is 1. The van der Waals surface area contributed by atoms with E-state index in [0.29, 0.717) is 24.2 Å². The molecule has 8 heteroatoms. The molecule has 1 saturated heterocycles. The molecule has 1 heterocycles. The number of rotatable bonds is 7. The fraction of sp³-hybridized carbons (Fsp3) is 0.381. The Labute approximate surface area is 170 Å². The van der Waals surface area contributed by atoms with Crippen LogP contribution in [0.1, 0.15) is 12.0 Å². The molecule has 0 aromatic heterocycles. The maximum Gasteiger partial charge on any atom is 0.274 e. The zero-order valence-corrected chi connectivity index (χ0v) is 16.8. The first-order valence-corrected chi connectivity index (χ1v) is 9.63. The number of ether oxygens (including phenoxy) is 1. The lowest BCUT2D eigenvalue weighted by atomic mass is 10.1. The van der Waals surface area contributed by atoms with Crippen LogP contribution in [0, 0.1) is 17.0 Å². The van der Waals surface area contributed by atoms with Crippen molar-refractivity contribution >= 4 is 23.0 Å². The number of piperazine rings is 1. The highest BCUT2D eigenvalue weighted by Gasteiger charge is 2.19. The molecule has 1 fully saturated rings. The van der Waals surface area contributed by atoms with Crippen molar-refractivity contribution in [1.82, 2.24) is 4.90 Å². The highest BCUT2D eigenvalue weighted by atomic mass is 16.6. The van der Waals surface area contributed by atoms with Crippen molar-refractivity contribution in [3.05, 3.63) is 58.1 Å². The van der Waals surface area contributed by atoms with Crippen molar-refractivity contribution in [2.75, 3.05) is 50.1 Å². The predicted octanol–water partition coefficient (Wildman–Crippen LogP) is 3.06. The normalized spacial score (nSPS) is 14.5. The van der Waals surface area contributed by atoms with Gasteiger partial charge in [-0.3, -0.25) is 19.8 Å². The van der Waals surface area contributed by atoms with Crippen LogP contribution in [0.2, 0.25) is 0 Å². The summed E-state index contributed by atoms with van der Waals surface area (Å²) in [6.45, 7) is 5.83. The summed E-state index contributed by atoms with van der Waals surface area (Å²) in [6.07, 6.45) is 0.349. The molecule has 154 valence electrons. The summed E-state index contributed by atoms with van der Waals surface area (Å²) in [5, 5.41) is 13.8. The maximum atomic E-state index is 12.3. The second-order valence-corrected chi connectivity index (χ2v) is 7.04. The number of nitrogens with zero attached hydrogens (tertiary/aromatic N) is 3. The summed E-state index contributed by atoms with van der Waals surface area (Å²) in [7, 11) is 1.66. The molecule has 2 aromatic carbocycles. The molecule has 2 aromatic rings. The van der Waals surface area contributed by atoms with E-state index in [1.54, 1.807) is 26.2 Å². The van der Waals surface area contributed by atoms with Gasteiger partial charge in [-0.15, -0.1) is 0 Å². The van der Waals surface area contributed by atoms with Crippen molar-refractivity contribution in [3.8, 4) is 5.75 Å². The number of hydrogen-bond donors (Lipinski definition) is 1. The molecule has 0 bridgehead atoms. The van der Waals surface area contributed by atoms with Gasteiger partial charge in [-0.1, -0.05) is 12.1 Å². The lowest BCUT2D eigenvalue weighted by molar-refractivity contribution is -0.385. The van der Waals surface area contributed by atoms with Crippen LogP contribution in [0.5, 0.6) is 5.75 Å². The average Bonchev–Trinajstić information content (AvgIpc) is 2.74. The number of benzene rings is 2. The van der Waals surface area contributed by atoms with Gasteiger partial charge in [0.05, 0.1) is 23.3 Å². The number of methoxy groups -OCH3 is 1. The third kappa shape index (κ3) is 5.23. The third-order valence-corrected chi connectivity index (χ3v) is 5.22. The van der Waals surface area contributed by atoms with Crippen molar-refractivity contribution in [1.29, 1.82) is 0 Å². The average molecular weight is 398 g/mol. The van der Waals surface area contributed by atoms with Crippen LogP contribution in [0.25, 0.3) is 0 Å². The van der Waals surface area contributed by atoms with Crippen LogP contribution in [0.15, 0.2) is 42.5 Å². The fourth-order valence-corrected chi connectivity index (χ4v) is 3.47. The monoisotopic (exact) mass is 398 g/mol. The molecular formula is C21H26N4O4. The predicted molar refractivity (Wildman–Crippen MR) is 113 cm³/mol. The maximum absolute atomic E-state index is 12.3. The minimum absolute atomic E-state index is 0.0106. The zero-order valence-electron chi connectivity index (χ0n) is 16.8. The Morgan fingerprint density at radius 1 is 1.17 bits per heavy atom. The molecule has 1 aliphatic rings. The van der Waals surface area contributed by atoms with Crippen molar-refractivity contribution in [3.63, 3.8) is 0 Å². The SMILES string of the molecule is COc1cccc(N2CCN(CCC(=O)Nc3cccc([N+](=O)[O-])c3C)CC2)c1. The first kappa shape index (κ1) is 20.6. The van der Waals surface area contributed by atoms with E-state index < -0.39 is 4.92 Å². The summed E-state index contributed by atoms with van der Waals surface area (Å²) >= 11 is 0. The summed E-state index contributed by atoms with van der Waals surface area (Å²) in [5.74, 6) is 0.710. The molecule has 1 aliphatic heterocycles. The standard InChI is InChI=1S/C21H26N4O4/c1-16-19(7-4-8-20(16)25(27)28)22-21(26)9-10-23-11-13-24(14-12-23)17-5-3-6-18(15-17)29-2/h3-8,15H,9-14H2,1-2H3,(H,22,26). The highest BCUT2D eigenvalue weighted by Crippen LogP contribution is 2.25. The van der Waals surface area contributed by atoms with Gasteiger partial charge in [0.25, 0.3) is 5.69 Å². The van der Waals surface area contributed by atoms with E-state index in [4.69, 9.17) is 4.74 Å². The molecule has 1 N–H and O–H groups in total. The number of amides is 1. The first-order chi connectivity index (χ1) is 14.0. The summed E-state index contributed by atoms with van der Waals surface area (Å²) < 4.78 is 5.29. The Balaban J connectivity index is 1.47. The van der Waals surface area contributed by atoms with Gasteiger partial charge in [0.2, 0.25) is 5.91 Å². The van der Waals surface area contributed by atoms with Crippen LogP contribution >= 0.6 is 0 Å². The van der Waals surface area contributed by atoms with Gasteiger partial charge in [0.1, 0.15) is 5.75 Å². The van der Waals surface area contributed by atoms with Gasteiger partial charge in [-0.05, 0) is 25.1 Å². The minimum Gasteiger partial charge on any atom is -0.497 e. The van der Waals surface area contributed by atoms with Gasteiger partial charge in [0.15, 0.2) is 0 Å². The number of nitro benzene ring substituents is 1. The van der Waals surface area contributed by atoms with Crippen molar-refractivity contribution in [2.24, 2.45) is 0 Å². The van der Waals surface area contributed by atoms with E-state index in [1.165, 1.54) is 6.07 Å². The fourth-order valence-electron chi connectivity index (χ4n) is 3.47. The molecule has 0 atom stereocenters. The second-order valence-electron chi connectivity index (χ2n) is 7.04. The van der Waals surface area contributed by atoms with Crippen LogP contribution < -0.4 is 15.0 Å². The van der Waals surface area contributed by atoms with E-state index in [-0.39, 0.29) is 11.6 Å². The van der Waals surface area contributed by atoms with Crippen LogP contribution in [0.3, 0.4) is 0 Å². The Kier molecular flexibility index (Phi) is 6.66. The molecule has 0 radical (unpaired) electrons. The van der Waals surface area contributed by atoms with Gasteiger partial charge >= 0.3 is 0 Å². The Morgan fingerprint density at radius 3 is 2.59 bits per heavy atom. The van der Waals surface area contributed by atoms with Gasteiger partial charge < -0.3 is 15.0 Å². The van der Waals surface area contributed by atoms with Gasteiger partial charge in [-0.25, -0.2) is 0 Å². The molecule has 29 heavy (non-hydrogen) atoms. The second kappa shape index (κ2) is 9.38. The molecule has 0 unspecified atom stereocenters. The smallest absolute Gasteiger partial charge is 0.274 e. The topological polar surface area (TPSA) is 88.0 Å². The number of hydrogen-bond acceptors (Lipinski definition) is 6. The largest absolute Gasteiger partial charge is 0.497 e. The van der Waals surface area contributed by atoms with E-state index in [0.717, 1.165) is 37.6 Å². The lowest BCUT2D eigenvalue weighted by Gasteiger charge is -2.36. The van der Waals surface area contributed by atoms with E-state index >= 15 is 0 Å². The highest BCUT2D eigenvalue weighted by molar-refractivity contribution is 5.92. The molecule has 1 amide bonds. The molecule has 3 rings (SSSR count). The summed E-state index contributed by atoms with van der Waals surface area (Å²) in [5.41, 5.74) is 2.11. The van der Waals surface area contributed by atoms with Crippen molar-refractivity contribution in [2.45, 2.75) is 13.3 Å². The van der Waals surface area contributed by atoms with Gasteiger partial charge in [0, 0.05) is 57.0 Å². The number of nitrogens with one attached hydrogen (secondary N) is 1. The molecule has 8 nitrogen and oxygen atoms in total. The first-order valence-electron chi connectivity index (χ1n) is 9.63. The molecular weight excluding hydrogens is 372 g/mol. The zero-order chi connectivity index (χ0) is 20.8. The van der Waals surface area contributed by atoms with E-state index in [1.807, 2.05) is 18.2 Å². The third-order valence-electron chi connectivity index (χ3n) is 5.22. The summed E-state index contributed by atoms with van der Waals surface area (Å²) in [4.78, 5) is 27.5. The Bertz CT molecular complexity index is 879. The molecule has 0 saturated carbocycles. The van der Waals surface area contributed by atoms with Crippen LogP contribution in [-0.2, 0) is 4.79 Å².